The Morgan fingerprint density at radius 2 is 1.58 bits per heavy atom. The summed E-state index contributed by atoms with van der Waals surface area (Å²) < 4.78 is 5.44. The first-order chi connectivity index (χ1) is 12.9. The highest BCUT2D eigenvalue weighted by molar-refractivity contribution is 7.99. The minimum atomic E-state index is 0.886. The van der Waals surface area contributed by atoms with Crippen molar-refractivity contribution in [1.29, 1.82) is 0 Å². The summed E-state index contributed by atoms with van der Waals surface area (Å²) in [6, 6.07) is 20.9. The number of nitrogens with one attached hydrogen (secondary N) is 2. The van der Waals surface area contributed by atoms with E-state index in [-0.39, 0.29) is 0 Å². The van der Waals surface area contributed by atoms with Gasteiger partial charge in [0.05, 0.1) is 36.9 Å². The number of H-pyrrole nitrogens is 1. The first-order valence-electron chi connectivity index (χ1n) is 9.15. The molecule has 2 N–H and O–H groups in total. The Bertz CT molecular complexity index is 757. The molecular weight excluding hydrogens is 342 g/mol. The molecular formula is C21H24N3OS+. The fourth-order valence-electron chi connectivity index (χ4n) is 3.24. The standard InChI is InChI=1S/C21H23N3OS/c1-3-7-17(8-4-1)19-20(18-9-5-2-6-10-18)23-21(22-19)26-16-13-24-11-14-25-15-12-24/h1-10H,11-16H2,(H,22,23)/p+1. The summed E-state index contributed by atoms with van der Waals surface area (Å²) in [5, 5.41) is 0.996. The quantitative estimate of drug-likeness (QED) is 0.659. The van der Waals surface area contributed by atoms with Crippen molar-refractivity contribution in [3.05, 3.63) is 60.7 Å². The molecule has 0 unspecified atom stereocenters. The van der Waals surface area contributed by atoms with Crippen molar-refractivity contribution in [3.8, 4) is 22.5 Å². The van der Waals surface area contributed by atoms with Gasteiger partial charge >= 0.3 is 0 Å². The summed E-state index contributed by atoms with van der Waals surface area (Å²) in [4.78, 5) is 10.1. The molecule has 1 aliphatic heterocycles. The van der Waals surface area contributed by atoms with Gasteiger partial charge in [-0.2, -0.15) is 0 Å². The summed E-state index contributed by atoms with van der Waals surface area (Å²) in [5.41, 5.74) is 4.44. The molecule has 0 aliphatic carbocycles. The van der Waals surface area contributed by atoms with Crippen molar-refractivity contribution >= 4 is 11.8 Å². The van der Waals surface area contributed by atoms with Crippen LogP contribution in [0.3, 0.4) is 0 Å². The van der Waals surface area contributed by atoms with E-state index in [0.29, 0.717) is 0 Å². The van der Waals surface area contributed by atoms with Crippen LogP contribution in [0.25, 0.3) is 22.5 Å². The Morgan fingerprint density at radius 3 is 2.27 bits per heavy atom. The normalized spacial score (nSPS) is 15.2. The number of benzene rings is 2. The lowest BCUT2D eigenvalue weighted by Crippen LogP contribution is -3.14. The predicted molar refractivity (Wildman–Crippen MR) is 107 cm³/mol. The summed E-state index contributed by atoms with van der Waals surface area (Å²) in [5.74, 6) is 1.06. The third-order valence-corrected chi connectivity index (χ3v) is 5.56. The lowest BCUT2D eigenvalue weighted by Gasteiger charge is -2.23. The summed E-state index contributed by atoms with van der Waals surface area (Å²) in [6.07, 6.45) is 0. The highest BCUT2D eigenvalue weighted by Crippen LogP contribution is 2.32. The van der Waals surface area contributed by atoms with Crippen LogP contribution in [-0.4, -0.2) is 48.6 Å². The molecule has 3 aromatic rings. The number of rotatable bonds is 6. The van der Waals surface area contributed by atoms with Crippen molar-refractivity contribution < 1.29 is 9.64 Å². The molecule has 0 radical (unpaired) electrons. The molecule has 0 spiro atoms. The van der Waals surface area contributed by atoms with Gasteiger partial charge in [0.15, 0.2) is 5.16 Å². The van der Waals surface area contributed by atoms with Gasteiger partial charge in [-0.1, -0.05) is 72.4 Å². The van der Waals surface area contributed by atoms with E-state index < -0.39 is 0 Å². The number of imidazole rings is 1. The number of aromatic nitrogens is 2. The van der Waals surface area contributed by atoms with Crippen LogP contribution < -0.4 is 4.90 Å². The second kappa shape index (κ2) is 8.54. The number of hydrogen-bond donors (Lipinski definition) is 2. The zero-order chi connectivity index (χ0) is 17.6. The van der Waals surface area contributed by atoms with Gasteiger partial charge in [0.1, 0.15) is 13.1 Å². The molecule has 1 fully saturated rings. The van der Waals surface area contributed by atoms with Crippen molar-refractivity contribution in [1.82, 2.24) is 9.97 Å². The maximum absolute atomic E-state index is 5.44. The maximum Gasteiger partial charge on any atom is 0.166 e. The maximum atomic E-state index is 5.44. The average Bonchev–Trinajstić information content (AvgIpc) is 3.14. The fourth-order valence-corrected chi connectivity index (χ4v) is 4.15. The number of hydrogen-bond acceptors (Lipinski definition) is 3. The van der Waals surface area contributed by atoms with Crippen LogP contribution in [0, 0.1) is 0 Å². The van der Waals surface area contributed by atoms with Crippen LogP contribution in [0.4, 0.5) is 0 Å². The smallest absolute Gasteiger partial charge is 0.166 e. The highest BCUT2D eigenvalue weighted by atomic mass is 32.2. The zero-order valence-corrected chi connectivity index (χ0v) is 15.6. The van der Waals surface area contributed by atoms with E-state index in [4.69, 9.17) is 9.72 Å². The van der Waals surface area contributed by atoms with E-state index in [1.807, 2.05) is 23.9 Å². The van der Waals surface area contributed by atoms with E-state index >= 15 is 0 Å². The van der Waals surface area contributed by atoms with Gasteiger partial charge in [-0.15, -0.1) is 0 Å². The highest BCUT2D eigenvalue weighted by Gasteiger charge is 2.16. The second-order valence-electron chi connectivity index (χ2n) is 6.46. The number of ether oxygens (including phenoxy) is 1. The van der Waals surface area contributed by atoms with Crippen LogP contribution in [-0.2, 0) is 4.74 Å². The number of morpholine rings is 1. The third kappa shape index (κ3) is 4.18. The van der Waals surface area contributed by atoms with Crippen LogP contribution in [0.2, 0.25) is 0 Å². The van der Waals surface area contributed by atoms with Crippen LogP contribution >= 0.6 is 11.8 Å². The molecule has 1 aliphatic rings. The van der Waals surface area contributed by atoms with Crippen LogP contribution in [0.1, 0.15) is 0 Å². The topological polar surface area (TPSA) is 42.4 Å². The first kappa shape index (κ1) is 17.3. The van der Waals surface area contributed by atoms with Gasteiger partial charge in [0.2, 0.25) is 0 Å². The first-order valence-corrected chi connectivity index (χ1v) is 10.1. The number of aromatic amines is 1. The molecule has 4 rings (SSSR count). The molecule has 1 aromatic heterocycles. The molecule has 0 bridgehead atoms. The summed E-state index contributed by atoms with van der Waals surface area (Å²) in [7, 11) is 0. The minimum Gasteiger partial charge on any atom is -0.370 e. The average molecular weight is 367 g/mol. The fraction of sp³-hybridized carbons (Fsp3) is 0.286. The Labute approximate surface area is 158 Å². The molecule has 134 valence electrons. The van der Waals surface area contributed by atoms with E-state index in [9.17, 15) is 0 Å². The molecule has 2 aromatic carbocycles. The van der Waals surface area contributed by atoms with E-state index in [0.717, 1.165) is 60.7 Å². The minimum absolute atomic E-state index is 0.886. The molecule has 2 heterocycles. The van der Waals surface area contributed by atoms with Crippen molar-refractivity contribution in [3.63, 3.8) is 0 Å². The second-order valence-corrected chi connectivity index (χ2v) is 7.54. The zero-order valence-electron chi connectivity index (χ0n) is 14.8. The largest absolute Gasteiger partial charge is 0.370 e. The van der Waals surface area contributed by atoms with Gasteiger partial charge in [-0.3, -0.25) is 0 Å². The lowest BCUT2D eigenvalue weighted by atomic mass is 10.1. The van der Waals surface area contributed by atoms with Gasteiger partial charge in [0.25, 0.3) is 0 Å². The van der Waals surface area contributed by atoms with Crippen molar-refractivity contribution in [2.75, 3.05) is 38.6 Å². The SMILES string of the molecule is c1ccc(-c2nc(SCC[NH+]3CCOCC3)[nH]c2-c2ccccc2)cc1. The van der Waals surface area contributed by atoms with Gasteiger partial charge in [-0.25, -0.2) is 4.98 Å². The van der Waals surface area contributed by atoms with Crippen molar-refractivity contribution in [2.45, 2.75) is 5.16 Å². The lowest BCUT2D eigenvalue weighted by molar-refractivity contribution is -0.905. The van der Waals surface area contributed by atoms with E-state index in [1.54, 1.807) is 4.90 Å². The Kier molecular flexibility index (Phi) is 5.69. The Balaban J connectivity index is 1.53. The predicted octanol–water partition coefficient (Wildman–Crippen LogP) is 2.75. The van der Waals surface area contributed by atoms with E-state index in [1.165, 1.54) is 5.56 Å². The van der Waals surface area contributed by atoms with Crippen LogP contribution in [0.15, 0.2) is 65.8 Å². The summed E-state index contributed by atoms with van der Waals surface area (Å²) in [6.45, 7) is 5.15. The Hall–Kier alpha value is -2.08. The number of nitrogens with zero attached hydrogens (tertiary/aromatic N) is 1. The molecule has 0 amide bonds. The molecule has 5 heteroatoms. The molecule has 1 saturated heterocycles. The Morgan fingerprint density at radius 1 is 0.923 bits per heavy atom. The third-order valence-electron chi connectivity index (χ3n) is 4.69. The monoisotopic (exact) mass is 366 g/mol. The molecule has 4 nitrogen and oxygen atoms in total. The van der Waals surface area contributed by atoms with Crippen molar-refractivity contribution in [2.24, 2.45) is 0 Å². The number of thioether (sulfide) groups is 1. The molecule has 26 heavy (non-hydrogen) atoms. The van der Waals surface area contributed by atoms with Gasteiger partial charge in [-0.05, 0) is 0 Å². The molecule has 0 saturated carbocycles. The van der Waals surface area contributed by atoms with Gasteiger partial charge < -0.3 is 14.6 Å². The summed E-state index contributed by atoms with van der Waals surface area (Å²) >= 11 is 1.81. The van der Waals surface area contributed by atoms with Gasteiger partial charge in [0, 0.05) is 11.1 Å². The van der Waals surface area contributed by atoms with E-state index in [2.05, 4.69) is 53.5 Å². The van der Waals surface area contributed by atoms with Crippen LogP contribution in [0.5, 0.6) is 0 Å². The number of quaternary nitrogens is 1. The molecule has 0 atom stereocenters.